The zero-order valence-corrected chi connectivity index (χ0v) is 15.1. The van der Waals surface area contributed by atoms with Crippen LogP contribution in [0.4, 0.5) is 0 Å². The number of thioether (sulfide) groups is 1. The summed E-state index contributed by atoms with van der Waals surface area (Å²) in [7, 11) is 0. The fourth-order valence-corrected chi connectivity index (χ4v) is 3.94. The smallest absolute Gasteiger partial charge is 0.271 e. The molecule has 0 aliphatic rings. The molecule has 6 nitrogen and oxygen atoms in total. The number of hydrogen-bond donors (Lipinski definition) is 1. The minimum absolute atomic E-state index is 0.211. The number of aromatic nitrogens is 3. The molecule has 2 heterocycles. The summed E-state index contributed by atoms with van der Waals surface area (Å²) in [5.41, 5.74) is 1.06. The van der Waals surface area contributed by atoms with E-state index in [1.807, 2.05) is 37.3 Å². The highest BCUT2D eigenvalue weighted by atomic mass is 32.2. The SMILES string of the molecule is CCOc1ccc(-n2c(=S)sc3c(=O)[nH]c(SCC#N)nc32)cc1. The van der Waals surface area contributed by atoms with E-state index >= 15 is 0 Å². The van der Waals surface area contributed by atoms with Gasteiger partial charge in [0.1, 0.15) is 10.4 Å². The van der Waals surface area contributed by atoms with Gasteiger partial charge in [-0.15, -0.1) is 0 Å². The van der Waals surface area contributed by atoms with Crippen LogP contribution in [-0.2, 0) is 0 Å². The van der Waals surface area contributed by atoms with E-state index in [2.05, 4.69) is 9.97 Å². The first-order valence-corrected chi connectivity index (χ1v) is 9.24. The lowest BCUT2D eigenvalue weighted by Crippen LogP contribution is -2.09. The second-order valence-corrected chi connectivity index (χ2v) is 7.21. The average Bonchev–Trinajstić information content (AvgIpc) is 2.91. The third-order valence-corrected chi connectivity index (χ3v) is 5.20. The lowest BCUT2D eigenvalue weighted by atomic mass is 10.3. The Hall–Kier alpha value is -2.15. The number of fused-ring (bicyclic) bond motifs is 1. The van der Waals surface area contributed by atoms with Crippen LogP contribution in [0.25, 0.3) is 16.0 Å². The van der Waals surface area contributed by atoms with Crippen LogP contribution in [0.15, 0.2) is 34.2 Å². The molecule has 9 heteroatoms. The van der Waals surface area contributed by atoms with Gasteiger partial charge in [0.05, 0.1) is 18.4 Å². The van der Waals surface area contributed by atoms with Crippen molar-refractivity contribution in [1.82, 2.24) is 14.5 Å². The zero-order valence-electron chi connectivity index (χ0n) is 12.6. The van der Waals surface area contributed by atoms with Crippen LogP contribution in [0, 0.1) is 15.3 Å². The van der Waals surface area contributed by atoms with Crippen LogP contribution in [0.1, 0.15) is 6.92 Å². The van der Waals surface area contributed by atoms with Crippen LogP contribution >= 0.6 is 35.3 Å². The molecule has 0 unspecified atom stereocenters. The van der Waals surface area contributed by atoms with Gasteiger partial charge in [0, 0.05) is 5.69 Å². The molecule has 3 rings (SSSR count). The third kappa shape index (κ3) is 3.21. The highest BCUT2D eigenvalue weighted by Gasteiger charge is 2.13. The second kappa shape index (κ2) is 7.17. The monoisotopic (exact) mass is 376 g/mol. The summed E-state index contributed by atoms with van der Waals surface area (Å²) < 4.78 is 8.21. The molecule has 122 valence electrons. The molecule has 0 atom stereocenters. The van der Waals surface area contributed by atoms with Gasteiger partial charge in [-0.1, -0.05) is 23.1 Å². The topological polar surface area (TPSA) is 83.7 Å². The standard InChI is InChI=1S/C15H12N4O2S3/c1-2-21-10-5-3-9(4-6-10)19-12-11(24-15(19)22)13(20)18-14(17-12)23-8-7-16/h3-6H,2,8H2,1H3,(H,17,18,20). The Morgan fingerprint density at radius 1 is 1.46 bits per heavy atom. The molecule has 0 aliphatic carbocycles. The summed E-state index contributed by atoms with van der Waals surface area (Å²) in [6.45, 7) is 2.52. The summed E-state index contributed by atoms with van der Waals surface area (Å²) >= 11 is 7.80. The molecule has 2 aromatic heterocycles. The van der Waals surface area contributed by atoms with Gasteiger partial charge in [0.2, 0.25) is 0 Å². The van der Waals surface area contributed by atoms with Crippen LogP contribution < -0.4 is 10.3 Å². The van der Waals surface area contributed by atoms with E-state index in [0.717, 1.165) is 11.4 Å². The van der Waals surface area contributed by atoms with Crippen molar-refractivity contribution >= 4 is 45.7 Å². The van der Waals surface area contributed by atoms with E-state index in [-0.39, 0.29) is 11.3 Å². The number of ether oxygens (including phenoxy) is 1. The molecule has 0 radical (unpaired) electrons. The van der Waals surface area contributed by atoms with Gasteiger partial charge in [-0.05, 0) is 43.4 Å². The molecule has 0 amide bonds. The predicted molar refractivity (Wildman–Crippen MR) is 97.9 cm³/mol. The van der Waals surface area contributed by atoms with Crippen molar-refractivity contribution in [2.75, 3.05) is 12.4 Å². The maximum atomic E-state index is 12.2. The Bertz CT molecular complexity index is 1030. The van der Waals surface area contributed by atoms with Crippen molar-refractivity contribution in [3.05, 3.63) is 38.6 Å². The number of rotatable bonds is 5. The molecule has 1 N–H and O–H groups in total. The van der Waals surface area contributed by atoms with E-state index in [1.165, 1.54) is 23.1 Å². The van der Waals surface area contributed by atoms with Crippen LogP contribution in [-0.4, -0.2) is 26.9 Å². The van der Waals surface area contributed by atoms with Crippen molar-refractivity contribution in [2.45, 2.75) is 12.1 Å². The Kier molecular flexibility index (Phi) is 4.99. The molecule has 0 spiro atoms. The zero-order chi connectivity index (χ0) is 17.1. The first-order chi connectivity index (χ1) is 11.6. The molecular formula is C15H12N4O2S3. The molecule has 0 aliphatic heterocycles. The maximum Gasteiger partial charge on any atom is 0.271 e. The predicted octanol–water partition coefficient (Wildman–Crippen LogP) is 3.52. The highest BCUT2D eigenvalue weighted by molar-refractivity contribution is 7.99. The number of hydrogen-bond acceptors (Lipinski definition) is 7. The molecule has 0 saturated carbocycles. The minimum atomic E-state index is -0.249. The van der Waals surface area contributed by atoms with E-state index in [0.29, 0.717) is 26.1 Å². The Balaban J connectivity index is 2.14. The summed E-state index contributed by atoms with van der Waals surface area (Å²) in [6.07, 6.45) is 0. The van der Waals surface area contributed by atoms with Gasteiger partial charge in [-0.3, -0.25) is 9.36 Å². The quantitative estimate of drug-likeness (QED) is 0.417. The van der Waals surface area contributed by atoms with Gasteiger partial charge in [0.25, 0.3) is 5.56 Å². The lowest BCUT2D eigenvalue weighted by molar-refractivity contribution is 0.340. The number of nitrogens with zero attached hydrogens (tertiary/aromatic N) is 3. The Morgan fingerprint density at radius 2 is 2.21 bits per heavy atom. The number of nitrogens with one attached hydrogen (secondary N) is 1. The number of aromatic amines is 1. The van der Waals surface area contributed by atoms with Gasteiger partial charge >= 0.3 is 0 Å². The van der Waals surface area contributed by atoms with Crippen molar-refractivity contribution in [1.29, 1.82) is 5.26 Å². The fourth-order valence-electron chi connectivity index (χ4n) is 2.15. The van der Waals surface area contributed by atoms with Gasteiger partial charge in [-0.2, -0.15) is 5.26 Å². The van der Waals surface area contributed by atoms with Gasteiger partial charge in [-0.25, -0.2) is 4.98 Å². The fraction of sp³-hybridized carbons (Fsp3) is 0.200. The Morgan fingerprint density at radius 3 is 2.88 bits per heavy atom. The van der Waals surface area contributed by atoms with Gasteiger partial charge < -0.3 is 9.72 Å². The molecule has 1 aromatic carbocycles. The van der Waals surface area contributed by atoms with Crippen LogP contribution in [0.5, 0.6) is 5.75 Å². The van der Waals surface area contributed by atoms with Crippen LogP contribution in [0.2, 0.25) is 0 Å². The molecular weight excluding hydrogens is 364 g/mol. The average molecular weight is 376 g/mol. The third-order valence-electron chi connectivity index (χ3n) is 3.10. The molecule has 0 fully saturated rings. The first kappa shape index (κ1) is 16.7. The molecule has 0 bridgehead atoms. The second-order valence-electron chi connectivity index (χ2n) is 4.60. The van der Waals surface area contributed by atoms with Crippen molar-refractivity contribution in [3.8, 4) is 17.5 Å². The summed E-state index contributed by atoms with van der Waals surface area (Å²) in [6, 6.07) is 9.46. The largest absolute Gasteiger partial charge is 0.494 e. The first-order valence-electron chi connectivity index (χ1n) is 7.03. The molecule has 0 saturated heterocycles. The summed E-state index contributed by atoms with van der Waals surface area (Å²) in [5.74, 6) is 0.978. The van der Waals surface area contributed by atoms with E-state index in [1.54, 1.807) is 4.57 Å². The lowest BCUT2D eigenvalue weighted by Gasteiger charge is -2.07. The van der Waals surface area contributed by atoms with E-state index in [9.17, 15) is 4.79 Å². The number of H-pyrrole nitrogens is 1. The minimum Gasteiger partial charge on any atom is -0.494 e. The van der Waals surface area contributed by atoms with E-state index in [4.69, 9.17) is 22.2 Å². The molecule has 24 heavy (non-hydrogen) atoms. The maximum absolute atomic E-state index is 12.2. The summed E-state index contributed by atoms with van der Waals surface area (Å²) in [5, 5.41) is 9.10. The number of benzene rings is 1. The van der Waals surface area contributed by atoms with Gasteiger partial charge in [0.15, 0.2) is 14.8 Å². The number of thiazole rings is 1. The highest BCUT2D eigenvalue weighted by Crippen LogP contribution is 2.25. The Labute approximate surface area is 150 Å². The normalized spacial score (nSPS) is 10.7. The van der Waals surface area contributed by atoms with Crippen molar-refractivity contribution in [2.24, 2.45) is 0 Å². The van der Waals surface area contributed by atoms with Crippen LogP contribution in [0.3, 0.4) is 0 Å². The van der Waals surface area contributed by atoms with Crippen molar-refractivity contribution in [3.63, 3.8) is 0 Å². The van der Waals surface area contributed by atoms with E-state index < -0.39 is 0 Å². The molecule has 3 aromatic rings. The number of nitriles is 1. The van der Waals surface area contributed by atoms with Crippen molar-refractivity contribution < 1.29 is 4.74 Å². The summed E-state index contributed by atoms with van der Waals surface area (Å²) in [4.78, 5) is 19.4.